The summed E-state index contributed by atoms with van der Waals surface area (Å²) in [5, 5.41) is 15.5. The molecule has 1 saturated heterocycles. The smallest absolute Gasteiger partial charge is 0.330 e. The number of carbonyl (C=O) groups excluding carboxylic acids is 3. The van der Waals surface area contributed by atoms with Crippen LogP contribution >= 0.6 is 0 Å². The van der Waals surface area contributed by atoms with E-state index in [-0.39, 0.29) is 6.04 Å². The minimum Gasteiger partial charge on any atom is -0.486 e. The second kappa shape index (κ2) is 7.80. The van der Waals surface area contributed by atoms with Crippen LogP contribution in [-0.2, 0) is 26.2 Å². The molecule has 5 atom stereocenters. The van der Waals surface area contributed by atoms with Gasteiger partial charge in [0.2, 0.25) is 5.91 Å². The van der Waals surface area contributed by atoms with Crippen molar-refractivity contribution in [1.82, 2.24) is 10.2 Å². The molecular weight excluding hydrogens is 450 g/mol. The number of methoxy groups -OCH3 is 1. The summed E-state index contributed by atoms with van der Waals surface area (Å²) >= 11 is 0. The summed E-state index contributed by atoms with van der Waals surface area (Å²) in [6.07, 6.45) is 6.56. The fourth-order valence-electron chi connectivity index (χ4n) is 7.28. The summed E-state index contributed by atoms with van der Waals surface area (Å²) in [6.45, 7) is 1.82. The van der Waals surface area contributed by atoms with E-state index in [9.17, 15) is 19.5 Å². The molecule has 186 valence electrons. The van der Waals surface area contributed by atoms with E-state index < -0.39 is 40.9 Å². The maximum Gasteiger partial charge on any atom is 0.330 e. The molecule has 2 bridgehead atoms. The molecule has 2 amide bonds. The zero-order valence-electron chi connectivity index (χ0n) is 19.8. The number of rotatable bonds is 6. The Morgan fingerprint density at radius 1 is 1.26 bits per heavy atom. The maximum absolute atomic E-state index is 12.7. The molecule has 1 aromatic rings. The first kappa shape index (κ1) is 22.5. The van der Waals surface area contributed by atoms with Crippen LogP contribution in [0.25, 0.3) is 0 Å². The van der Waals surface area contributed by atoms with Crippen molar-refractivity contribution in [2.45, 2.75) is 67.7 Å². The third kappa shape index (κ3) is 3.17. The number of amides is 2. The van der Waals surface area contributed by atoms with Gasteiger partial charge in [-0.15, -0.1) is 0 Å². The van der Waals surface area contributed by atoms with Crippen LogP contribution in [0, 0.1) is 5.92 Å². The Balaban J connectivity index is 1.41. The fourth-order valence-corrected chi connectivity index (χ4v) is 7.28. The van der Waals surface area contributed by atoms with Crippen LogP contribution in [0.2, 0.25) is 0 Å². The summed E-state index contributed by atoms with van der Waals surface area (Å²) in [5.74, 6) is -0.462. The number of nitrogens with one attached hydrogen (secondary N) is 1. The monoisotopic (exact) mass is 481 g/mol. The van der Waals surface area contributed by atoms with Crippen molar-refractivity contribution in [2.24, 2.45) is 11.7 Å². The molecule has 4 N–H and O–H groups in total. The van der Waals surface area contributed by atoms with E-state index >= 15 is 0 Å². The number of nitrogens with two attached hydrogens (primary N) is 1. The molecule has 3 aliphatic carbocycles. The predicted molar refractivity (Wildman–Crippen MR) is 125 cm³/mol. The van der Waals surface area contributed by atoms with Gasteiger partial charge in [0.1, 0.15) is 11.9 Å². The highest BCUT2D eigenvalue weighted by Crippen LogP contribution is 2.64. The highest BCUT2D eigenvalue weighted by Gasteiger charge is 2.73. The molecule has 35 heavy (non-hydrogen) atoms. The van der Waals surface area contributed by atoms with E-state index in [0.29, 0.717) is 42.9 Å². The summed E-state index contributed by atoms with van der Waals surface area (Å²) in [7, 11) is 1.25. The van der Waals surface area contributed by atoms with Gasteiger partial charge in [-0.05, 0) is 62.6 Å². The molecule has 0 radical (unpaired) electrons. The summed E-state index contributed by atoms with van der Waals surface area (Å²) in [5.41, 5.74) is 6.21. The average molecular weight is 482 g/mol. The van der Waals surface area contributed by atoms with Crippen molar-refractivity contribution in [1.29, 1.82) is 0 Å². The van der Waals surface area contributed by atoms with Crippen molar-refractivity contribution in [3.8, 4) is 5.75 Å². The van der Waals surface area contributed by atoms with Crippen LogP contribution in [0.5, 0.6) is 5.75 Å². The minimum atomic E-state index is -1.04. The number of aliphatic hydroxyl groups is 1. The quantitative estimate of drug-likeness (QED) is 0.400. The molecule has 5 aliphatic rings. The predicted octanol–water partition coefficient (Wildman–Crippen LogP) is 0.564. The number of piperidine rings is 1. The lowest BCUT2D eigenvalue weighted by Crippen LogP contribution is -2.78. The second-order valence-electron chi connectivity index (χ2n) is 10.7. The first-order chi connectivity index (χ1) is 16.8. The summed E-state index contributed by atoms with van der Waals surface area (Å²) < 4.78 is 11.1. The SMILES string of the molecule is COC(=O)/C=C/C(=O)N[C@@H]1CC[C@@]2(O)[C@H]3Cc4ccc(C(N)=O)c5c4[C@@]2(CCN3CC2CC2)[C@H]1O5. The van der Waals surface area contributed by atoms with Gasteiger partial charge in [0, 0.05) is 30.3 Å². The van der Waals surface area contributed by atoms with Crippen molar-refractivity contribution < 1.29 is 29.0 Å². The third-order valence-electron chi connectivity index (χ3n) is 8.95. The van der Waals surface area contributed by atoms with Crippen LogP contribution in [-0.4, -0.2) is 71.8 Å². The highest BCUT2D eigenvalue weighted by molar-refractivity contribution is 5.97. The number of primary amides is 1. The van der Waals surface area contributed by atoms with Gasteiger partial charge in [0.25, 0.3) is 5.91 Å². The van der Waals surface area contributed by atoms with Crippen LogP contribution in [0.4, 0.5) is 0 Å². The molecule has 0 aromatic heterocycles. The van der Waals surface area contributed by atoms with E-state index in [4.69, 9.17) is 10.5 Å². The minimum absolute atomic E-state index is 0.0447. The van der Waals surface area contributed by atoms with Crippen molar-refractivity contribution >= 4 is 17.8 Å². The lowest BCUT2D eigenvalue weighted by atomic mass is 9.48. The number of nitrogens with zero attached hydrogens (tertiary/aromatic N) is 1. The molecular formula is C26H31N3O6. The van der Waals surface area contributed by atoms with Crippen molar-refractivity contribution in [3.63, 3.8) is 0 Å². The first-order valence-corrected chi connectivity index (χ1v) is 12.4. The average Bonchev–Trinajstić information content (AvgIpc) is 3.57. The van der Waals surface area contributed by atoms with Crippen LogP contribution in [0.3, 0.4) is 0 Å². The fraction of sp³-hybridized carbons (Fsp3) is 0.577. The number of ether oxygens (including phenoxy) is 2. The molecule has 9 heteroatoms. The Morgan fingerprint density at radius 2 is 2.06 bits per heavy atom. The molecule has 2 heterocycles. The Bertz CT molecular complexity index is 1150. The second-order valence-corrected chi connectivity index (χ2v) is 10.7. The Hall–Kier alpha value is -2.91. The van der Waals surface area contributed by atoms with E-state index in [2.05, 4.69) is 15.0 Å². The maximum atomic E-state index is 12.7. The van der Waals surface area contributed by atoms with Gasteiger partial charge in [-0.25, -0.2) is 4.79 Å². The van der Waals surface area contributed by atoms with E-state index in [0.717, 1.165) is 36.4 Å². The van der Waals surface area contributed by atoms with Gasteiger partial charge in [-0.3, -0.25) is 14.5 Å². The van der Waals surface area contributed by atoms with E-state index in [1.54, 1.807) is 6.07 Å². The van der Waals surface area contributed by atoms with Gasteiger partial charge in [0.05, 0.1) is 29.7 Å². The zero-order valence-corrected chi connectivity index (χ0v) is 19.8. The molecule has 1 spiro atoms. The molecule has 3 fully saturated rings. The standard InChI is InChI=1S/C26H31N3O6/c1-34-20(31)7-6-19(30)28-17-8-9-26(33)18-12-15-4-5-16(24(27)32)22-21(15)25(26,23(17)35-22)10-11-29(18)13-14-2-3-14/h4-7,14,17-18,23,33H,2-3,8-13H2,1H3,(H2,27,32)(H,28,30)/b7-6+/t17-,18-,23+,25+,26-/m1/s1. The summed E-state index contributed by atoms with van der Waals surface area (Å²) in [4.78, 5) is 38.8. The largest absolute Gasteiger partial charge is 0.486 e. The summed E-state index contributed by atoms with van der Waals surface area (Å²) in [6, 6.07) is 3.24. The van der Waals surface area contributed by atoms with Gasteiger partial charge in [0.15, 0.2) is 0 Å². The molecule has 2 saturated carbocycles. The number of hydrogen-bond donors (Lipinski definition) is 3. The van der Waals surface area contributed by atoms with Crippen molar-refractivity contribution in [2.75, 3.05) is 20.2 Å². The topological polar surface area (TPSA) is 131 Å². The Labute approximate surface area is 203 Å². The van der Waals surface area contributed by atoms with E-state index in [1.165, 1.54) is 20.0 Å². The molecule has 2 aliphatic heterocycles. The lowest BCUT2D eigenvalue weighted by Gasteiger charge is -2.64. The Morgan fingerprint density at radius 3 is 2.77 bits per heavy atom. The van der Waals surface area contributed by atoms with Gasteiger partial charge >= 0.3 is 5.97 Å². The molecule has 0 unspecified atom stereocenters. The van der Waals surface area contributed by atoms with Gasteiger partial charge < -0.3 is 25.6 Å². The number of esters is 1. The van der Waals surface area contributed by atoms with Crippen LogP contribution in [0.15, 0.2) is 24.3 Å². The first-order valence-electron chi connectivity index (χ1n) is 12.4. The molecule has 6 rings (SSSR count). The van der Waals surface area contributed by atoms with Crippen LogP contribution in [0.1, 0.15) is 53.6 Å². The van der Waals surface area contributed by atoms with E-state index in [1.807, 2.05) is 6.07 Å². The number of carbonyl (C=O) groups is 3. The zero-order chi connectivity index (χ0) is 24.5. The molecule has 1 aromatic carbocycles. The third-order valence-corrected chi connectivity index (χ3v) is 8.95. The number of likely N-dealkylation sites (tertiary alicyclic amines) is 1. The Kier molecular flexibility index (Phi) is 5.02. The highest BCUT2D eigenvalue weighted by atomic mass is 16.5. The number of hydrogen-bond acceptors (Lipinski definition) is 7. The molecule has 9 nitrogen and oxygen atoms in total. The normalized spacial score (nSPS) is 34.7. The van der Waals surface area contributed by atoms with Gasteiger partial charge in [-0.2, -0.15) is 0 Å². The van der Waals surface area contributed by atoms with Crippen molar-refractivity contribution in [3.05, 3.63) is 41.0 Å². The number of benzene rings is 1. The lowest BCUT2D eigenvalue weighted by molar-refractivity contribution is -0.192. The van der Waals surface area contributed by atoms with Gasteiger partial charge in [-0.1, -0.05) is 6.07 Å². The van der Waals surface area contributed by atoms with Crippen LogP contribution < -0.4 is 15.8 Å².